The van der Waals surface area contributed by atoms with Gasteiger partial charge in [-0.3, -0.25) is 0 Å². The number of halogens is 1. The van der Waals surface area contributed by atoms with Crippen LogP contribution in [0, 0.1) is 0 Å². The number of pyridine rings is 1. The number of hydrogen-bond donors (Lipinski definition) is 0. The van der Waals surface area contributed by atoms with E-state index in [9.17, 15) is 4.55 Å². The van der Waals surface area contributed by atoms with Crippen LogP contribution in [0.15, 0.2) is 24.4 Å². The van der Waals surface area contributed by atoms with E-state index in [0.29, 0.717) is 5.15 Å². The van der Waals surface area contributed by atoms with E-state index in [2.05, 4.69) is 21.1 Å². The van der Waals surface area contributed by atoms with Gasteiger partial charge in [0.25, 0.3) is 0 Å². The van der Waals surface area contributed by atoms with Crippen LogP contribution < -0.4 is 0 Å². The molecule has 1 atom stereocenters. The fourth-order valence-corrected chi connectivity index (χ4v) is 1.08. The first-order valence-corrected chi connectivity index (χ1v) is 8.22. The van der Waals surface area contributed by atoms with Crippen molar-refractivity contribution in [3.8, 4) is 0 Å². The zero-order valence-corrected chi connectivity index (χ0v) is 12.9. The maximum Gasteiger partial charge on any atom is 0.129 e. The summed E-state index contributed by atoms with van der Waals surface area (Å²) in [5.41, 5.74) is 0. The van der Waals surface area contributed by atoms with E-state index in [0.717, 1.165) is 0 Å². The Morgan fingerprint density at radius 1 is 1.44 bits per heavy atom. The topological polar surface area (TPSA) is 36.0 Å². The lowest BCUT2D eigenvalue weighted by Gasteiger charge is -1.87. The van der Waals surface area contributed by atoms with Crippen LogP contribution in [0.1, 0.15) is 19.8 Å². The molecule has 1 unspecified atom stereocenters. The normalized spacial score (nSPS) is 8.69. The summed E-state index contributed by atoms with van der Waals surface area (Å²) in [6.45, 7) is 2.20. The summed E-state index contributed by atoms with van der Waals surface area (Å²) in [5.74, 6) is 0. The predicted octanol–water partition coefficient (Wildman–Crippen LogP) is 3.39. The molecule has 0 spiro atoms. The highest BCUT2D eigenvalue weighted by Gasteiger charge is 1.76. The number of aromatic nitrogens is 1. The Morgan fingerprint density at radius 3 is 2.12 bits per heavy atom. The van der Waals surface area contributed by atoms with Crippen LogP contribution in [0.5, 0.6) is 0 Å². The van der Waals surface area contributed by atoms with E-state index in [1.165, 1.54) is 19.0 Å². The number of nitrogens with zero attached hydrogens (tertiary/aromatic N) is 1. The van der Waals surface area contributed by atoms with Crippen molar-refractivity contribution in [1.82, 2.24) is 4.98 Å². The Labute approximate surface area is 110 Å². The van der Waals surface area contributed by atoms with Crippen LogP contribution in [0.4, 0.5) is 0 Å². The first-order chi connectivity index (χ1) is 7.54. The van der Waals surface area contributed by atoms with E-state index in [1.54, 1.807) is 24.8 Å². The standard InChI is InChI=1S/C5H4ClN.C4H11P.C2H6OS/c6-5-3-1-2-4-7-5;1-2-3-4-5;1-4(2)3/h1-4H;2-5H2,1H3;1-2H3. The third-order valence-corrected chi connectivity index (χ3v) is 1.82. The summed E-state index contributed by atoms with van der Waals surface area (Å²) in [5, 5.41) is 0.544. The second-order valence-electron chi connectivity index (χ2n) is 3.04. The zero-order valence-electron chi connectivity index (χ0n) is 10.1. The van der Waals surface area contributed by atoms with Crippen molar-refractivity contribution in [3.05, 3.63) is 29.5 Å². The molecule has 0 fully saturated rings. The highest BCUT2D eigenvalue weighted by Crippen LogP contribution is 1.98. The summed E-state index contributed by atoms with van der Waals surface area (Å²) < 4.78 is 9.56. The van der Waals surface area contributed by atoms with Crippen molar-refractivity contribution in [2.45, 2.75) is 19.8 Å². The average molecular weight is 282 g/mol. The summed E-state index contributed by atoms with van der Waals surface area (Å²) in [6, 6.07) is 5.41. The lowest BCUT2D eigenvalue weighted by atomic mass is 10.4. The van der Waals surface area contributed by atoms with Crippen LogP contribution in [0.25, 0.3) is 0 Å². The van der Waals surface area contributed by atoms with Gasteiger partial charge < -0.3 is 4.55 Å². The Bertz CT molecular complexity index is 220. The Hall–Kier alpha value is 0.180. The summed E-state index contributed by atoms with van der Waals surface area (Å²) in [4.78, 5) is 3.74. The van der Waals surface area contributed by atoms with E-state index >= 15 is 0 Å². The Balaban J connectivity index is 0. The van der Waals surface area contributed by atoms with Crippen LogP contribution >= 0.6 is 20.8 Å². The molecule has 0 N–H and O–H groups in total. The average Bonchev–Trinajstić information content (AvgIpc) is 2.20. The van der Waals surface area contributed by atoms with Crippen molar-refractivity contribution in [3.63, 3.8) is 0 Å². The fourth-order valence-electron chi connectivity index (χ4n) is 0.546. The SMILES string of the molecule is CCCCP.C[S+](C)[O-].Clc1ccccn1. The third-order valence-electron chi connectivity index (χ3n) is 1.19. The van der Waals surface area contributed by atoms with Crippen LogP contribution in [-0.4, -0.2) is 28.2 Å². The molecule has 2 nitrogen and oxygen atoms in total. The summed E-state index contributed by atoms with van der Waals surface area (Å²) in [7, 11) is 2.70. The number of rotatable bonds is 2. The van der Waals surface area contributed by atoms with Crippen LogP contribution in [0.3, 0.4) is 0 Å². The highest BCUT2D eigenvalue weighted by atomic mass is 35.5. The smallest absolute Gasteiger partial charge is 0.129 e. The second kappa shape index (κ2) is 15.2. The van der Waals surface area contributed by atoms with Gasteiger partial charge in [-0.25, -0.2) is 4.98 Å². The lowest BCUT2D eigenvalue weighted by molar-refractivity contribution is 0.606. The molecule has 0 amide bonds. The molecule has 1 rings (SSSR count). The van der Waals surface area contributed by atoms with Gasteiger partial charge in [-0.1, -0.05) is 48.6 Å². The molecule has 0 aliphatic carbocycles. The molecule has 0 saturated carbocycles. The minimum atomic E-state index is -0.611. The monoisotopic (exact) mass is 281 g/mol. The van der Waals surface area contributed by atoms with E-state index < -0.39 is 11.2 Å². The molecule has 0 aromatic carbocycles. The molecule has 1 aromatic rings. The molecule has 1 heterocycles. The van der Waals surface area contributed by atoms with Gasteiger partial charge in [0.05, 0.1) is 12.5 Å². The molecule has 0 saturated heterocycles. The van der Waals surface area contributed by atoms with E-state index in [-0.39, 0.29) is 0 Å². The van der Waals surface area contributed by atoms with Gasteiger partial charge in [-0.05, 0) is 18.3 Å². The molecule has 1 aromatic heterocycles. The first-order valence-electron chi connectivity index (χ1n) is 5.06. The first kappa shape index (κ1) is 18.5. The minimum Gasteiger partial charge on any atom is -0.617 e. The summed E-state index contributed by atoms with van der Waals surface area (Å²) in [6.07, 6.45) is 8.87. The zero-order chi connectivity index (χ0) is 12.8. The van der Waals surface area contributed by atoms with Gasteiger partial charge in [0, 0.05) is 6.20 Å². The molecule has 0 aliphatic heterocycles. The molecular weight excluding hydrogens is 261 g/mol. The van der Waals surface area contributed by atoms with Gasteiger partial charge in [-0.2, -0.15) is 0 Å². The van der Waals surface area contributed by atoms with Crippen molar-refractivity contribution < 1.29 is 4.55 Å². The fraction of sp³-hybridized carbons (Fsp3) is 0.545. The van der Waals surface area contributed by atoms with E-state index in [4.69, 9.17) is 11.6 Å². The second-order valence-corrected chi connectivity index (χ2v) is 5.48. The lowest BCUT2D eigenvalue weighted by Crippen LogP contribution is -1.86. The van der Waals surface area contributed by atoms with Gasteiger partial charge in [-0.15, -0.1) is 9.24 Å². The quantitative estimate of drug-likeness (QED) is 0.473. The highest BCUT2D eigenvalue weighted by molar-refractivity contribution is 7.89. The maximum atomic E-state index is 9.56. The van der Waals surface area contributed by atoms with Crippen molar-refractivity contribution in [2.75, 3.05) is 18.7 Å². The van der Waals surface area contributed by atoms with Crippen molar-refractivity contribution in [1.29, 1.82) is 0 Å². The van der Waals surface area contributed by atoms with Gasteiger partial charge >= 0.3 is 0 Å². The largest absolute Gasteiger partial charge is 0.617 e. The molecule has 0 aliphatic rings. The Morgan fingerprint density at radius 2 is 2.00 bits per heavy atom. The van der Waals surface area contributed by atoms with Gasteiger partial charge in [0.2, 0.25) is 0 Å². The molecule has 5 heteroatoms. The molecule has 94 valence electrons. The summed E-state index contributed by atoms with van der Waals surface area (Å²) >= 11 is 4.82. The molecule has 0 bridgehead atoms. The number of unbranched alkanes of at least 4 members (excludes halogenated alkanes) is 1. The van der Waals surface area contributed by atoms with Crippen molar-refractivity contribution in [2.24, 2.45) is 0 Å². The van der Waals surface area contributed by atoms with E-state index in [1.807, 2.05) is 12.1 Å². The molecule has 16 heavy (non-hydrogen) atoms. The minimum absolute atomic E-state index is 0.544. The Kier molecular flexibility index (Phi) is 17.6. The van der Waals surface area contributed by atoms with Gasteiger partial charge in [0.15, 0.2) is 0 Å². The van der Waals surface area contributed by atoms with Crippen LogP contribution in [-0.2, 0) is 11.2 Å². The molecular formula is C11H21ClNOPS. The maximum absolute atomic E-state index is 9.56. The number of hydrogen-bond acceptors (Lipinski definition) is 2. The predicted molar refractivity (Wildman–Crippen MR) is 78.7 cm³/mol. The third kappa shape index (κ3) is 23.8. The van der Waals surface area contributed by atoms with Gasteiger partial charge in [0.1, 0.15) is 5.15 Å². The van der Waals surface area contributed by atoms with Crippen molar-refractivity contribution >= 4 is 32.0 Å². The molecule has 0 radical (unpaired) electrons. The van der Waals surface area contributed by atoms with Crippen LogP contribution in [0.2, 0.25) is 5.15 Å².